The van der Waals surface area contributed by atoms with Crippen molar-refractivity contribution in [1.82, 2.24) is 0 Å². The molecule has 0 aromatic rings. The van der Waals surface area contributed by atoms with Crippen molar-refractivity contribution in [2.45, 2.75) is 71.4 Å². The highest BCUT2D eigenvalue weighted by Gasteiger charge is 2.52. The van der Waals surface area contributed by atoms with Gasteiger partial charge in [-0.2, -0.15) is 0 Å². The number of carbonyl (C=O) groups is 6. The van der Waals surface area contributed by atoms with E-state index in [4.69, 9.17) is 49.2 Å². The lowest BCUT2D eigenvalue weighted by atomic mass is 9.98. The van der Waals surface area contributed by atoms with Gasteiger partial charge in [-0.25, -0.2) is 0 Å². The monoisotopic (exact) mass is 495 g/mol. The van der Waals surface area contributed by atoms with E-state index in [-0.39, 0.29) is 0 Å². The normalized spacial score (nSPS) is 24.4. The summed E-state index contributed by atoms with van der Waals surface area (Å²) in [5.74, 6) is -5.25. The third-order valence-electron chi connectivity index (χ3n) is 3.71. The number of carbonyl (C=O) groups excluding carboxylic acids is 4. The topological polar surface area (TPSA) is 224 Å². The molecule has 15 heteroatoms. The average Bonchev–Trinajstić information content (AvgIpc) is 2.66. The lowest BCUT2D eigenvalue weighted by molar-refractivity contribution is -0.308. The first-order chi connectivity index (χ1) is 15.6. The Bertz CT molecular complexity index is 749. The number of ether oxygens (including phenoxy) is 6. The molecule has 1 fully saturated rings. The van der Waals surface area contributed by atoms with Gasteiger partial charge < -0.3 is 44.4 Å². The van der Waals surface area contributed by atoms with Gasteiger partial charge in [0, 0.05) is 34.6 Å². The molecule has 0 saturated carbocycles. The highest BCUT2D eigenvalue weighted by molar-refractivity contribution is 5.73. The van der Waals surface area contributed by atoms with E-state index in [1.54, 1.807) is 0 Å². The second-order valence-electron chi connectivity index (χ2n) is 6.86. The van der Waals surface area contributed by atoms with E-state index in [0.29, 0.717) is 0 Å². The molecular weight excluding hydrogens is 466 g/mol. The smallest absolute Gasteiger partial charge is 0.322 e. The van der Waals surface area contributed by atoms with Crippen LogP contribution in [0.5, 0.6) is 0 Å². The Kier molecular flexibility index (Phi) is 13.3. The molecule has 34 heavy (non-hydrogen) atoms. The predicted octanol–water partition coefficient (Wildman–Crippen LogP) is -1.41. The first kappa shape index (κ1) is 30.7. The second kappa shape index (κ2) is 14.8. The first-order valence-electron chi connectivity index (χ1n) is 9.75. The van der Waals surface area contributed by atoms with E-state index in [1.807, 2.05) is 0 Å². The molecule has 0 aromatic heterocycles. The minimum absolute atomic E-state index is 0.428. The number of esters is 4. The molecular formula is C19H29NO14. The summed E-state index contributed by atoms with van der Waals surface area (Å²) in [5, 5.41) is 16.3. The van der Waals surface area contributed by atoms with Gasteiger partial charge in [-0.05, 0) is 0 Å². The molecule has 0 radical (unpaired) electrons. The van der Waals surface area contributed by atoms with E-state index >= 15 is 0 Å². The minimum Gasteiger partial charge on any atom is -0.481 e. The van der Waals surface area contributed by atoms with Crippen molar-refractivity contribution in [3.05, 3.63) is 0 Å². The van der Waals surface area contributed by atoms with Crippen molar-refractivity contribution in [3.8, 4) is 0 Å². The standard InChI is InChI=1S/C17H25NO12.C2H4O2/c1-7(19)25-6-12-13(27-8(2)20)14(28-9(3)21)15(29-10(4)22)17(30-12)26-5-11(18)16(23)24;1-2(3)4/h11-15,17H,5-6,18H2,1-4H3,(H,23,24);1H3,(H,3,4)/t11-,12+,13-,14-,15+,17+;/m0./s1. The Morgan fingerprint density at radius 2 is 1.24 bits per heavy atom. The van der Waals surface area contributed by atoms with Gasteiger partial charge in [-0.15, -0.1) is 0 Å². The fourth-order valence-corrected chi connectivity index (χ4v) is 2.59. The molecule has 6 atom stereocenters. The van der Waals surface area contributed by atoms with Crippen LogP contribution in [0.3, 0.4) is 0 Å². The fraction of sp³-hybridized carbons (Fsp3) is 0.684. The summed E-state index contributed by atoms with van der Waals surface area (Å²) in [7, 11) is 0. The molecule has 1 heterocycles. The molecule has 0 unspecified atom stereocenters. The third kappa shape index (κ3) is 12.1. The van der Waals surface area contributed by atoms with Crippen molar-refractivity contribution in [2.24, 2.45) is 5.73 Å². The van der Waals surface area contributed by atoms with Crippen molar-refractivity contribution in [3.63, 3.8) is 0 Å². The van der Waals surface area contributed by atoms with Crippen molar-refractivity contribution >= 4 is 35.8 Å². The summed E-state index contributed by atoms with van der Waals surface area (Å²) in [4.78, 5) is 66.0. The molecule has 1 aliphatic rings. The van der Waals surface area contributed by atoms with Crippen LogP contribution in [0.4, 0.5) is 0 Å². The second-order valence-corrected chi connectivity index (χ2v) is 6.86. The summed E-state index contributed by atoms with van der Waals surface area (Å²) in [6.45, 7) is 4.46. The summed E-state index contributed by atoms with van der Waals surface area (Å²) < 4.78 is 31.4. The number of carboxylic acid groups (broad SMARTS) is 2. The largest absolute Gasteiger partial charge is 0.481 e. The van der Waals surface area contributed by atoms with Crippen molar-refractivity contribution in [2.75, 3.05) is 13.2 Å². The SMILES string of the molecule is CC(=O)O.CC(=O)OC[C@H]1O[C@@H](OC[C@H](N)C(=O)O)[C@H](OC(C)=O)[C@@H](OC(C)=O)[C@H]1OC(C)=O. The maximum Gasteiger partial charge on any atom is 0.322 e. The molecule has 0 amide bonds. The van der Waals surface area contributed by atoms with Gasteiger partial charge in [-0.1, -0.05) is 0 Å². The molecule has 0 bridgehead atoms. The summed E-state index contributed by atoms with van der Waals surface area (Å²) in [6, 6.07) is -1.43. The van der Waals surface area contributed by atoms with Gasteiger partial charge in [0.05, 0.1) is 6.61 Å². The fourth-order valence-electron chi connectivity index (χ4n) is 2.59. The molecule has 4 N–H and O–H groups in total. The Labute approximate surface area is 194 Å². The van der Waals surface area contributed by atoms with Crippen LogP contribution in [-0.4, -0.2) is 96.0 Å². The quantitative estimate of drug-likeness (QED) is 0.247. The maximum absolute atomic E-state index is 11.6. The minimum atomic E-state index is -1.48. The van der Waals surface area contributed by atoms with Gasteiger partial charge in [-0.3, -0.25) is 28.8 Å². The Balaban J connectivity index is 0.00000251. The summed E-state index contributed by atoms with van der Waals surface area (Å²) in [5.41, 5.74) is 5.41. The van der Waals surface area contributed by atoms with E-state index in [0.717, 1.165) is 34.6 Å². The molecule has 15 nitrogen and oxygen atoms in total. The first-order valence-corrected chi connectivity index (χ1v) is 9.75. The maximum atomic E-state index is 11.6. The number of aliphatic carboxylic acids is 2. The Hall–Kier alpha value is -3.30. The highest BCUT2D eigenvalue weighted by Crippen LogP contribution is 2.30. The van der Waals surface area contributed by atoms with E-state index in [2.05, 4.69) is 0 Å². The zero-order chi connectivity index (χ0) is 26.6. The zero-order valence-electron chi connectivity index (χ0n) is 19.2. The predicted molar refractivity (Wildman–Crippen MR) is 107 cm³/mol. The van der Waals surface area contributed by atoms with Crippen molar-refractivity contribution in [1.29, 1.82) is 0 Å². The van der Waals surface area contributed by atoms with Crippen LogP contribution in [0, 0.1) is 0 Å². The number of hydrogen-bond acceptors (Lipinski definition) is 13. The van der Waals surface area contributed by atoms with Gasteiger partial charge in [0.1, 0.15) is 18.8 Å². The summed E-state index contributed by atoms with van der Waals surface area (Å²) >= 11 is 0. The number of rotatable bonds is 9. The van der Waals surface area contributed by atoms with Crippen LogP contribution < -0.4 is 5.73 Å². The molecule has 0 spiro atoms. The van der Waals surface area contributed by atoms with Gasteiger partial charge in [0.15, 0.2) is 24.6 Å². The van der Waals surface area contributed by atoms with Crippen LogP contribution in [-0.2, 0) is 57.2 Å². The van der Waals surface area contributed by atoms with Crippen LogP contribution in [0.15, 0.2) is 0 Å². The van der Waals surface area contributed by atoms with Gasteiger partial charge in [0.25, 0.3) is 5.97 Å². The lowest BCUT2D eigenvalue weighted by Gasteiger charge is -2.44. The number of hydrogen-bond donors (Lipinski definition) is 3. The number of nitrogens with two attached hydrogens (primary N) is 1. The molecule has 0 aliphatic carbocycles. The van der Waals surface area contributed by atoms with Crippen LogP contribution in [0.25, 0.3) is 0 Å². The van der Waals surface area contributed by atoms with E-state index in [9.17, 15) is 24.0 Å². The zero-order valence-corrected chi connectivity index (χ0v) is 19.2. The molecule has 194 valence electrons. The molecule has 0 aromatic carbocycles. The third-order valence-corrected chi connectivity index (χ3v) is 3.71. The Morgan fingerprint density at radius 3 is 1.65 bits per heavy atom. The summed E-state index contributed by atoms with van der Waals surface area (Å²) in [6.07, 6.45) is -6.85. The van der Waals surface area contributed by atoms with Crippen LogP contribution in [0.1, 0.15) is 34.6 Å². The van der Waals surface area contributed by atoms with Gasteiger partial charge in [0.2, 0.25) is 0 Å². The average molecular weight is 495 g/mol. The highest BCUT2D eigenvalue weighted by atomic mass is 16.7. The van der Waals surface area contributed by atoms with Crippen molar-refractivity contribution < 1.29 is 67.4 Å². The van der Waals surface area contributed by atoms with E-state index in [1.165, 1.54) is 0 Å². The van der Waals surface area contributed by atoms with Gasteiger partial charge >= 0.3 is 29.8 Å². The molecule has 1 saturated heterocycles. The van der Waals surface area contributed by atoms with E-state index < -0.39 is 85.8 Å². The number of carboxylic acids is 2. The Morgan fingerprint density at radius 1 is 0.794 bits per heavy atom. The molecule has 1 aliphatic heterocycles. The van der Waals surface area contributed by atoms with Crippen LogP contribution >= 0.6 is 0 Å². The molecule has 1 rings (SSSR count). The lowest BCUT2D eigenvalue weighted by Crippen LogP contribution is -2.63. The van der Waals surface area contributed by atoms with Crippen LogP contribution in [0.2, 0.25) is 0 Å².